The highest BCUT2D eigenvalue weighted by molar-refractivity contribution is 5.78. The van der Waals surface area contributed by atoms with Crippen LogP contribution in [0.3, 0.4) is 0 Å². The van der Waals surface area contributed by atoms with Crippen LogP contribution in [0, 0.1) is 6.92 Å². The Balaban J connectivity index is 1.61. The highest BCUT2D eigenvalue weighted by Crippen LogP contribution is 2.21. The number of ether oxygens (including phenoxy) is 1. The minimum atomic E-state index is -0.685. The number of urea groups is 1. The van der Waals surface area contributed by atoms with Crippen molar-refractivity contribution < 1.29 is 14.3 Å². The first kappa shape index (κ1) is 20.8. The summed E-state index contributed by atoms with van der Waals surface area (Å²) in [6.07, 6.45) is 0.0489. The van der Waals surface area contributed by atoms with Gasteiger partial charge in [-0.05, 0) is 42.3 Å². The molecule has 3 amide bonds. The normalized spacial score (nSPS) is 11.5. The molecule has 5 N–H and O–H groups in total. The van der Waals surface area contributed by atoms with Crippen molar-refractivity contribution >= 4 is 11.9 Å². The molecular formula is C21H24N6O3. The van der Waals surface area contributed by atoms with Gasteiger partial charge in [-0.15, -0.1) is 0 Å². The second kappa shape index (κ2) is 9.55. The van der Waals surface area contributed by atoms with Gasteiger partial charge < -0.3 is 21.1 Å². The molecule has 9 nitrogen and oxygen atoms in total. The monoisotopic (exact) mass is 408 g/mol. The number of nitrogens with two attached hydrogens (primary N) is 1. The van der Waals surface area contributed by atoms with E-state index in [0.717, 1.165) is 22.4 Å². The third-order valence-electron chi connectivity index (χ3n) is 4.60. The van der Waals surface area contributed by atoms with Crippen molar-refractivity contribution in [3.05, 3.63) is 65.5 Å². The maximum Gasteiger partial charge on any atom is 0.312 e. The number of amides is 3. The first-order valence-electron chi connectivity index (χ1n) is 9.40. The molecule has 0 bridgehead atoms. The van der Waals surface area contributed by atoms with Crippen LogP contribution in [-0.2, 0) is 11.3 Å². The molecule has 1 atom stereocenters. The number of primary amides is 1. The van der Waals surface area contributed by atoms with Gasteiger partial charge in [0, 0.05) is 5.56 Å². The van der Waals surface area contributed by atoms with Crippen LogP contribution in [0.2, 0.25) is 0 Å². The van der Waals surface area contributed by atoms with E-state index in [2.05, 4.69) is 25.8 Å². The zero-order chi connectivity index (χ0) is 21.5. The maximum atomic E-state index is 12.5. The quantitative estimate of drug-likeness (QED) is 0.453. The summed E-state index contributed by atoms with van der Waals surface area (Å²) in [7, 11) is 1.60. The molecule has 0 saturated heterocycles. The van der Waals surface area contributed by atoms with Crippen LogP contribution >= 0.6 is 0 Å². The Labute approximate surface area is 174 Å². The minimum absolute atomic E-state index is 0.0489. The van der Waals surface area contributed by atoms with E-state index in [4.69, 9.17) is 10.5 Å². The Hall–Kier alpha value is -3.88. The number of hydrogen-bond donors (Lipinski definition) is 4. The molecule has 3 aromatic rings. The van der Waals surface area contributed by atoms with Crippen molar-refractivity contribution in [3.63, 3.8) is 0 Å². The third-order valence-corrected chi connectivity index (χ3v) is 4.60. The summed E-state index contributed by atoms with van der Waals surface area (Å²) in [6, 6.07) is 13.7. The Morgan fingerprint density at radius 1 is 1.17 bits per heavy atom. The molecule has 3 rings (SSSR count). The Morgan fingerprint density at radius 3 is 2.57 bits per heavy atom. The summed E-state index contributed by atoms with van der Waals surface area (Å²) in [6.45, 7) is 2.09. The zero-order valence-electron chi connectivity index (χ0n) is 16.8. The average Bonchev–Trinajstić information content (AvgIpc) is 3.21. The van der Waals surface area contributed by atoms with E-state index >= 15 is 0 Å². The molecule has 1 aromatic heterocycles. The number of aromatic nitrogens is 3. The van der Waals surface area contributed by atoms with Gasteiger partial charge in [0.15, 0.2) is 5.82 Å². The number of nitrogens with zero attached hydrogens (tertiary/aromatic N) is 2. The van der Waals surface area contributed by atoms with Gasteiger partial charge in [-0.2, -0.15) is 5.10 Å². The van der Waals surface area contributed by atoms with Crippen LogP contribution in [0.5, 0.6) is 5.75 Å². The van der Waals surface area contributed by atoms with Gasteiger partial charge >= 0.3 is 6.03 Å². The van der Waals surface area contributed by atoms with Crippen molar-refractivity contribution in [3.8, 4) is 17.1 Å². The van der Waals surface area contributed by atoms with Crippen LogP contribution in [0.1, 0.15) is 29.4 Å². The summed E-state index contributed by atoms with van der Waals surface area (Å²) in [5, 5.41) is 12.4. The van der Waals surface area contributed by atoms with Gasteiger partial charge in [0.1, 0.15) is 11.6 Å². The largest absolute Gasteiger partial charge is 0.497 e. The van der Waals surface area contributed by atoms with E-state index in [1.54, 1.807) is 7.11 Å². The fraction of sp³-hybridized carbons (Fsp3) is 0.238. The number of methoxy groups -OCH3 is 1. The lowest BCUT2D eigenvalue weighted by Crippen LogP contribution is -2.37. The number of hydrogen-bond acceptors (Lipinski definition) is 5. The Bertz CT molecular complexity index is 1020. The molecule has 9 heteroatoms. The number of aromatic amines is 1. The number of H-pyrrole nitrogens is 1. The standard InChI is InChI=1S/C21H24N6O3/c1-13-5-3-4-6-16(13)17(24-21(22)29)11-19(28)23-12-18-25-20(27-26-18)14-7-9-15(30-2)10-8-14/h3-10,17H,11-12H2,1-2H3,(H,23,28)(H3,22,24,29)(H,25,26,27). The summed E-state index contributed by atoms with van der Waals surface area (Å²) < 4.78 is 5.14. The molecular weight excluding hydrogens is 384 g/mol. The zero-order valence-corrected chi connectivity index (χ0v) is 16.8. The first-order valence-corrected chi connectivity index (χ1v) is 9.40. The van der Waals surface area contributed by atoms with Gasteiger partial charge in [0.2, 0.25) is 5.91 Å². The number of carbonyl (C=O) groups is 2. The van der Waals surface area contributed by atoms with Crippen molar-refractivity contribution in [2.75, 3.05) is 7.11 Å². The minimum Gasteiger partial charge on any atom is -0.497 e. The van der Waals surface area contributed by atoms with Crippen LogP contribution in [0.4, 0.5) is 4.79 Å². The van der Waals surface area contributed by atoms with E-state index in [0.29, 0.717) is 11.6 Å². The second-order valence-electron chi connectivity index (χ2n) is 6.73. The SMILES string of the molecule is COc1ccc(-c2n[nH]c(CNC(=O)CC(NC(N)=O)c3ccccc3C)n2)cc1. The highest BCUT2D eigenvalue weighted by Gasteiger charge is 2.19. The lowest BCUT2D eigenvalue weighted by Gasteiger charge is -2.19. The topological polar surface area (TPSA) is 135 Å². The number of nitrogens with one attached hydrogen (secondary N) is 3. The number of carbonyl (C=O) groups excluding carboxylic acids is 2. The van der Waals surface area contributed by atoms with Gasteiger partial charge in [-0.3, -0.25) is 9.89 Å². The summed E-state index contributed by atoms with van der Waals surface area (Å²) >= 11 is 0. The molecule has 0 fully saturated rings. The van der Waals surface area contributed by atoms with Gasteiger partial charge in [0.25, 0.3) is 0 Å². The molecule has 0 aliphatic carbocycles. The van der Waals surface area contributed by atoms with Crippen molar-refractivity contribution in [2.45, 2.75) is 25.9 Å². The highest BCUT2D eigenvalue weighted by atomic mass is 16.5. The van der Waals surface area contributed by atoms with E-state index in [1.165, 1.54) is 0 Å². The van der Waals surface area contributed by atoms with Crippen LogP contribution in [-0.4, -0.2) is 34.2 Å². The molecule has 0 radical (unpaired) electrons. The number of aryl methyl sites for hydroxylation is 1. The maximum absolute atomic E-state index is 12.5. The van der Waals surface area contributed by atoms with E-state index < -0.39 is 12.1 Å². The summed E-state index contributed by atoms with van der Waals surface area (Å²) in [5.41, 5.74) is 7.92. The molecule has 2 aromatic carbocycles. The lowest BCUT2D eigenvalue weighted by molar-refractivity contribution is -0.121. The predicted molar refractivity (Wildman–Crippen MR) is 111 cm³/mol. The van der Waals surface area contributed by atoms with Crippen LogP contribution in [0.25, 0.3) is 11.4 Å². The molecule has 0 aliphatic rings. The third kappa shape index (κ3) is 5.34. The molecule has 0 saturated carbocycles. The fourth-order valence-corrected chi connectivity index (χ4v) is 3.07. The van der Waals surface area contributed by atoms with E-state index in [1.807, 2.05) is 55.5 Å². The smallest absolute Gasteiger partial charge is 0.312 e. The molecule has 156 valence electrons. The number of rotatable bonds is 8. The fourth-order valence-electron chi connectivity index (χ4n) is 3.07. The molecule has 30 heavy (non-hydrogen) atoms. The van der Waals surface area contributed by atoms with Crippen LogP contribution in [0.15, 0.2) is 48.5 Å². The Morgan fingerprint density at radius 2 is 1.90 bits per heavy atom. The van der Waals surface area contributed by atoms with Crippen molar-refractivity contribution in [2.24, 2.45) is 5.73 Å². The molecule has 0 aliphatic heterocycles. The summed E-state index contributed by atoms with van der Waals surface area (Å²) in [5.74, 6) is 1.54. The second-order valence-corrected chi connectivity index (χ2v) is 6.73. The lowest BCUT2D eigenvalue weighted by atomic mass is 9.98. The van der Waals surface area contributed by atoms with Gasteiger partial charge in [0.05, 0.1) is 26.1 Å². The summed E-state index contributed by atoms with van der Waals surface area (Å²) in [4.78, 5) is 28.2. The van der Waals surface area contributed by atoms with Crippen LogP contribution < -0.4 is 21.1 Å². The molecule has 0 spiro atoms. The Kier molecular flexibility index (Phi) is 6.63. The molecule has 1 heterocycles. The predicted octanol–water partition coefficient (Wildman–Crippen LogP) is 2.20. The van der Waals surface area contributed by atoms with E-state index in [9.17, 15) is 9.59 Å². The molecule has 1 unspecified atom stereocenters. The van der Waals surface area contributed by atoms with Gasteiger partial charge in [-0.25, -0.2) is 9.78 Å². The van der Waals surface area contributed by atoms with Crippen molar-refractivity contribution in [1.82, 2.24) is 25.8 Å². The average molecular weight is 408 g/mol. The van der Waals surface area contributed by atoms with Crippen molar-refractivity contribution in [1.29, 1.82) is 0 Å². The first-order chi connectivity index (χ1) is 14.5. The number of benzene rings is 2. The van der Waals surface area contributed by atoms with E-state index in [-0.39, 0.29) is 18.9 Å². The van der Waals surface area contributed by atoms with Gasteiger partial charge in [-0.1, -0.05) is 24.3 Å².